The third-order valence-corrected chi connectivity index (χ3v) is 9.52. The van der Waals surface area contributed by atoms with E-state index in [2.05, 4.69) is 39.8 Å². The summed E-state index contributed by atoms with van der Waals surface area (Å²) in [7, 11) is 1.67. The number of methoxy groups -OCH3 is 1. The van der Waals surface area contributed by atoms with Crippen molar-refractivity contribution in [2.75, 3.05) is 13.9 Å². The van der Waals surface area contributed by atoms with Gasteiger partial charge in [0.25, 0.3) is 0 Å². The van der Waals surface area contributed by atoms with Gasteiger partial charge in [0.2, 0.25) is 0 Å². The minimum absolute atomic E-state index is 0.139. The lowest BCUT2D eigenvalue weighted by Gasteiger charge is -2.44. The van der Waals surface area contributed by atoms with E-state index in [4.69, 9.17) is 9.47 Å². The van der Waals surface area contributed by atoms with E-state index in [1.807, 2.05) is 0 Å². The molecule has 0 aromatic heterocycles. The Kier molecular flexibility index (Phi) is 9.12. The quantitative estimate of drug-likeness (QED) is 0.380. The molecule has 196 valence electrons. The van der Waals surface area contributed by atoms with Gasteiger partial charge in [0.05, 0.1) is 17.8 Å². The van der Waals surface area contributed by atoms with Gasteiger partial charge in [0, 0.05) is 7.11 Å². The number of rotatable bonds is 9. The molecule has 3 aliphatic carbocycles. The summed E-state index contributed by atoms with van der Waals surface area (Å²) in [5.41, 5.74) is 1.38. The van der Waals surface area contributed by atoms with Gasteiger partial charge in [0.1, 0.15) is 12.4 Å². The lowest BCUT2D eigenvalue weighted by molar-refractivity contribution is -0.144. The minimum atomic E-state index is -1.42. The van der Waals surface area contributed by atoms with E-state index in [-0.39, 0.29) is 5.60 Å². The van der Waals surface area contributed by atoms with Gasteiger partial charge in [0.15, 0.2) is 0 Å². The maximum absolute atomic E-state index is 10.3. The van der Waals surface area contributed by atoms with Crippen LogP contribution in [0.25, 0.3) is 0 Å². The van der Waals surface area contributed by atoms with Gasteiger partial charge in [-0.25, -0.2) is 0 Å². The maximum atomic E-state index is 10.3. The van der Waals surface area contributed by atoms with E-state index in [1.165, 1.54) is 45.4 Å². The van der Waals surface area contributed by atoms with E-state index < -0.39 is 17.8 Å². The summed E-state index contributed by atoms with van der Waals surface area (Å²) in [6.07, 6.45) is 13.2. The van der Waals surface area contributed by atoms with Gasteiger partial charge < -0.3 is 24.8 Å². The van der Waals surface area contributed by atoms with E-state index in [9.17, 15) is 15.3 Å². The lowest BCUT2D eigenvalue weighted by atomic mass is 9.60. The van der Waals surface area contributed by atoms with Crippen molar-refractivity contribution in [3.8, 4) is 0 Å². The zero-order valence-corrected chi connectivity index (χ0v) is 22.5. The molecular weight excluding hydrogens is 428 g/mol. The van der Waals surface area contributed by atoms with Crippen LogP contribution < -0.4 is 0 Å². The van der Waals surface area contributed by atoms with Crippen LogP contribution in [0.5, 0.6) is 0 Å². The van der Waals surface area contributed by atoms with Crippen molar-refractivity contribution in [1.29, 1.82) is 0 Å². The molecule has 0 spiro atoms. The van der Waals surface area contributed by atoms with Crippen LogP contribution >= 0.6 is 0 Å². The molecule has 3 aliphatic rings. The summed E-state index contributed by atoms with van der Waals surface area (Å²) in [6.45, 7) is 11.2. The van der Waals surface area contributed by atoms with E-state index in [0.29, 0.717) is 36.9 Å². The number of fused-ring (bicyclic) bond motifs is 1. The molecule has 3 rings (SSSR count). The molecule has 3 saturated carbocycles. The number of aliphatic hydroxyl groups excluding tert-OH is 2. The number of hydrogen-bond donors (Lipinski definition) is 3. The molecule has 34 heavy (non-hydrogen) atoms. The zero-order chi connectivity index (χ0) is 25.1. The molecule has 3 fully saturated rings. The molecule has 5 nitrogen and oxygen atoms in total. The van der Waals surface area contributed by atoms with Crippen LogP contribution in [0.2, 0.25) is 0 Å². The van der Waals surface area contributed by atoms with Crippen LogP contribution in [0.4, 0.5) is 0 Å². The van der Waals surface area contributed by atoms with Gasteiger partial charge in [-0.1, -0.05) is 50.0 Å². The first kappa shape index (κ1) is 27.9. The Bertz CT molecular complexity index is 723. The Morgan fingerprint density at radius 3 is 2.44 bits per heavy atom. The van der Waals surface area contributed by atoms with Crippen molar-refractivity contribution < 1.29 is 24.8 Å². The first-order valence-corrected chi connectivity index (χ1v) is 13.5. The Labute approximate surface area is 207 Å². The van der Waals surface area contributed by atoms with Gasteiger partial charge >= 0.3 is 0 Å². The second-order valence-electron chi connectivity index (χ2n) is 12.5. The summed E-state index contributed by atoms with van der Waals surface area (Å²) in [5, 5.41) is 30.8. The first-order chi connectivity index (χ1) is 15.9. The minimum Gasteiger partial charge on any atom is -0.390 e. The highest BCUT2D eigenvalue weighted by molar-refractivity contribution is 5.27. The average Bonchev–Trinajstić information content (AvgIpc) is 3.12. The average molecular weight is 479 g/mol. The highest BCUT2D eigenvalue weighted by Crippen LogP contribution is 2.60. The number of ether oxygens (including phenoxy) is 2. The van der Waals surface area contributed by atoms with Crippen molar-refractivity contribution in [1.82, 2.24) is 0 Å². The van der Waals surface area contributed by atoms with E-state index in [1.54, 1.807) is 12.7 Å². The highest BCUT2D eigenvalue weighted by atomic mass is 16.7. The topological polar surface area (TPSA) is 79.2 Å². The van der Waals surface area contributed by atoms with Crippen LogP contribution in [0.1, 0.15) is 98.8 Å². The van der Waals surface area contributed by atoms with Crippen molar-refractivity contribution in [3.63, 3.8) is 0 Å². The second kappa shape index (κ2) is 11.1. The predicted octanol–water partition coefficient (Wildman–Crippen LogP) is 5.53. The largest absolute Gasteiger partial charge is 0.390 e. The van der Waals surface area contributed by atoms with Crippen LogP contribution in [-0.2, 0) is 9.47 Å². The fourth-order valence-corrected chi connectivity index (χ4v) is 7.13. The fourth-order valence-electron chi connectivity index (χ4n) is 7.13. The van der Waals surface area contributed by atoms with Gasteiger partial charge in [-0.3, -0.25) is 0 Å². The number of aliphatic hydroxyl groups is 3. The summed E-state index contributed by atoms with van der Waals surface area (Å²) < 4.78 is 10.9. The molecule has 6 atom stereocenters. The van der Waals surface area contributed by atoms with Crippen LogP contribution in [0.3, 0.4) is 0 Å². The Morgan fingerprint density at radius 1 is 1.12 bits per heavy atom. The molecule has 0 aromatic carbocycles. The van der Waals surface area contributed by atoms with E-state index in [0.717, 1.165) is 24.3 Å². The van der Waals surface area contributed by atoms with Crippen LogP contribution in [-0.4, -0.2) is 52.6 Å². The first-order valence-electron chi connectivity index (χ1n) is 13.5. The van der Waals surface area contributed by atoms with Crippen molar-refractivity contribution >= 4 is 0 Å². The summed E-state index contributed by atoms with van der Waals surface area (Å²) in [6, 6.07) is 0. The second-order valence-corrected chi connectivity index (χ2v) is 12.5. The molecule has 3 N–H and O–H groups in total. The third-order valence-electron chi connectivity index (χ3n) is 9.52. The molecule has 0 bridgehead atoms. The third kappa shape index (κ3) is 6.15. The lowest BCUT2D eigenvalue weighted by Crippen LogP contribution is -2.52. The van der Waals surface area contributed by atoms with Crippen LogP contribution in [0.15, 0.2) is 23.3 Å². The SMILES string of the molecule is COCOC(C)(C)CCC[C@@H](C)C1CCC2C(=CC=C3C[C@@H](O)C(C)(O)[C@H](O)C3)CCCC21C. The molecule has 5 heteroatoms. The van der Waals surface area contributed by atoms with Gasteiger partial charge in [-0.05, 0) is 95.3 Å². The van der Waals surface area contributed by atoms with Crippen molar-refractivity contribution in [3.05, 3.63) is 23.3 Å². The molecule has 0 radical (unpaired) electrons. The Morgan fingerprint density at radius 2 is 1.79 bits per heavy atom. The number of allylic oxidation sites excluding steroid dienone is 3. The normalized spacial score (nSPS) is 38.7. The van der Waals surface area contributed by atoms with Gasteiger partial charge in [-0.15, -0.1) is 0 Å². The highest BCUT2D eigenvalue weighted by Gasteiger charge is 2.50. The standard InChI is InChI=1S/C29H50O5/c1-20(9-7-15-27(2,3)34-19-33-6)23-13-14-24-22(10-8-16-28(23,24)4)12-11-21-17-25(30)29(5,32)26(31)18-21/h11-12,20,23-26,30-32H,7-10,13-19H2,1-6H3/t20-,23?,24?,25-,26-,28?,29?/m1/s1. The predicted molar refractivity (Wildman–Crippen MR) is 136 cm³/mol. The Hall–Kier alpha value is -0.720. The molecule has 0 aromatic rings. The monoisotopic (exact) mass is 478 g/mol. The number of hydrogen-bond acceptors (Lipinski definition) is 5. The summed E-state index contributed by atoms with van der Waals surface area (Å²) in [5.74, 6) is 2.09. The molecule has 0 saturated heterocycles. The molecule has 3 unspecified atom stereocenters. The summed E-state index contributed by atoms with van der Waals surface area (Å²) >= 11 is 0. The van der Waals surface area contributed by atoms with Crippen molar-refractivity contribution in [2.24, 2.45) is 23.2 Å². The molecule has 0 amide bonds. The summed E-state index contributed by atoms with van der Waals surface area (Å²) in [4.78, 5) is 0. The maximum Gasteiger partial charge on any atom is 0.147 e. The smallest absolute Gasteiger partial charge is 0.147 e. The molecule has 0 aliphatic heterocycles. The van der Waals surface area contributed by atoms with Crippen LogP contribution in [0, 0.1) is 23.2 Å². The zero-order valence-electron chi connectivity index (χ0n) is 22.5. The fraction of sp³-hybridized carbons (Fsp3) is 0.862. The van der Waals surface area contributed by atoms with E-state index >= 15 is 0 Å². The van der Waals surface area contributed by atoms with Gasteiger partial charge in [-0.2, -0.15) is 0 Å². The molecular formula is C29H50O5. The Balaban J connectivity index is 1.62. The van der Waals surface area contributed by atoms with Crippen molar-refractivity contribution in [2.45, 2.75) is 122 Å². The molecule has 0 heterocycles.